The van der Waals surface area contributed by atoms with Gasteiger partial charge in [0.25, 0.3) is 0 Å². The minimum Gasteiger partial charge on any atom is -0.343 e. The van der Waals surface area contributed by atoms with Crippen molar-refractivity contribution in [3.05, 3.63) is 106 Å². The van der Waals surface area contributed by atoms with E-state index in [2.05, 4.69) is 78.2 Å². The van der Waals surface area contributed by atoms with Gasteiger partial charge in [0, 0.05) is 33.7 Å². The number of anilines is 2. The largest absolute Gasteiger partial charge is 0.343 e. The normalized spacial score (nSPS) is 17.2. The average Bonchev–Trinajstić information content (AvgIpc) is 2.72. The molecule has 1 aliphatic heterocycles. The van der Waals surface area contributed by atoms with Crippen LogP contribution in [0.1, 0.15) is 25.6 Å². The fourth-order valence-corrected chi connectivity index (χ4v) is 3.99. The lowest BCUT2D eigenvalue weighted by molar-refractivity contribution is 0.594. The van der Waals surface area contributed by atoms with Crippen molar-refractivity contribution in [1.29, 1.82) is 0 Å². The van der Waals surface area contributed by atoms with Gasteiger partial charge in [-0.25, -0.2) is 0 Å². The molecule has 4 heteroatoms. The molecule has 0 N–H and O–H groups in total. The molecular weight excluding hydrogens is 387 g/mol. The highest BCUT2D eigenvalue weighted by Crippen LogP contribution is 2.41. The second-order valence-corrected chi connectivity index (χ2v) is 7.97. The molecule has 1 unspecified atom stereocenters. The van der Waals surface area contributed by atoms with Crippen molar-refractivity contribution in [3.8, 4) is 0 Å². The predicted octanol–water partition coefficient (Wildman–Crippen LogP) is 7.31. The average molecular weight is 409 g/mol. The van der Waals surface area contributed by atoms with Crippen LogP contribution in [-0.4, -0.2) is 6.54 Å². The van der Waals surface area contributed by atoms with Gasteiger partial charge in [-0.15, -0.1) is 0 Å². The van der Waals surface area contributed by atoms with Crippen LogP contribution >= 0.6 is 23.2 Å². The van der Waals surface area contributed by atoms with Crippen LogP contribution in [0, 0.1) is 0 Å². The number of halogens is 2. The lowest BCUT2D eigenvalue weighted by atomic mass is 10.0. The second kappa shape index (κ2) is 7.90. The molecule has 0 aliphatic carbocycles. The van der Waals surface area contributed by atoms with E-state index < -0.39 is 0 Å². The van der Waals surface area contributed by atoms with Crippen molar-refractivity contribution in [2.45, 2.75) is 20.0 Å². The first-order chi connectivity index (χ1) is 13.5. The van der Waals surface area contributed by atoms with Crippen LogP contribution in [0.5, 0.6) is 0 Å². The Balaban J connectivity index is 1.89. The zero-order valence-electron chi connectivity index (χ0n) is 15.9. The van der Waals surface area contributed by atoms with E-state index in [1.807, 2.05) is 24.3 Å². The molecule has 4 rings (SSSR count). The van der Waals surface area contributed by atoms with Crippen LogP contribution in [0.2, 0.25) is 10.0 Å². The second-order valence-electron chi connectivity index (χ2n) is 7.10. The fourth-order valence-electron chi connectivity index (χ4n) is 3.74. The SMILES string of the molecule is CC1=C(C)N(c2ccc(Cl)cc2)C(c2ccccc2)N(c2ccc(Cl)cc2)C1. The lowest BCUT2D eigenvalue weighted by Crippen LogP contribution is -2.46. The monoisotopic (exact) mass is 408 g/mol. The van der Waals surface area contributed by atoms with Crippen molar-refractivity contribution in [2.24, 2.45) is 0 Å². The molecule has 0 spiro atoms. The van der Waals surface area contributed by atoms with E-state index in [-0.39, 0.29) is 6.17 Å². The molecule has 1 aliphatic rings. The molecule has 0 fully saturated rings. The van der Waals surface area contributed by atoms with Gasteiger partial charge in [0.15, 0.2) is 0 Å². The molecule has 1 atom stereocenters. The maximum absolute atomic E-state index is 6.15. The van der Waals surface area contributed by atoms with E-state index in [0.29, 0.717) is 0 Å². The Morgan fingerprint density at radius 3 is 1.82 bits per heavy atom. The first-order valence-electron chi connectivity index (χ1n) is 9.33. The van der Waals surface area contributed by atoms with Gasteiger partial charge in [-0.05, 0) is 73.5 Å². The number of benzene rings is 3. The van der Waals surface area contributed by atoms with Crippen LogP contribution in [0.3, 0.4) is 0 Å². The van der Waals surface area contributed by atoms with E-state index >= 15 is 0 Å². The molecular formula is C24H22Cl2N2. The lowest BCUT2D eigenvalue weighted by Gasteiger charge is -2.47. The van der Waals surface area contributed by atoms with Gasteiger partial charge in [0.05, 0.1) is 0 Å². The molecule has 0 saturated heterocycles. The summed E-state index contributed by atoms with van der Waals surface area (Å²) in [6.07, 6.45) is 0.0345. The fraction of sp³-hybridized carbons (Fsp3) is 0.167. The highest BCUT2D eigenvalue weighted by Gasteiger charge is 2.33. The van der Waals surface area contributed by atoms with Crippen molar-refractivity contribution < 1.29 is 0 Å². The quantitative estimate of drug-likeness (QED) is 0.447. The highest BCUT2D eigenvalue weighted by atomic mass is 35.5. The predicted molar refractivity (Wildman–Crippen MR) is 120 cm³/mol. The van der Waals surface area contributed by atoms with E-state index in [9.17, 15) is 0 Å². The standard InChI is InChI=1S/C24H22Cl2N2/c1-17-16-27(22-12-8-20(25)9-13-22)24(19-6-4-3-5-7-19)28(18(17)2)23-14-10-21(26)11-15-23/h3-15,24H,16H2,1-2H3. The maximum atomic E-state index is 6.15. The molecule has 0 amide bonds. The summed E-state index contributed by atoms with van der Waals surface area (Å²) in [6, 6.07) is 26.8. The van der Waals surface area contributed by atoms with Crippen LogP contribution in [0.15, 0.2) is 90.1 Å². The molecule has 3 aromatic rings. The third kappa shape index (κ3) is 3.63. The smallest absolute Gasteiger partial charge is 0.132 e. The topological polar surface area (TPSA) is 6.48 Å². The summed E-state index contributed by atoms with van der Waals surface area (Å²) < 4.78 is 0. The Bertz CT molecular complexity index is 979. The summed E-state index contributed by atoms with van der Waals surface area (Å²) in [5, 5.41) is 1.49. The van der Waals surface area contributed by atoms with Crippen LogP contribution in [0.25, 0.3) is 0 Å². The minimum atomic E-state index is 0.0345. The Morgan fingerprint density at radius 1 is 0.714 bits per heavy atom. The summed E-state index contributed by atoms with van der Waals surface area (Å²) >= 11 is 12.3. The molecule has 0 radical (unpaired) electrons. The molecule has 0 aromatic heterocycles. The van der Waals surface area contributed by atoms with E-state index in [0.717, 1.165) is 28.0 Å². The first kappa shape index (κ1) is 18.9. The van der Waals surface area contributed by atoms with Crippen LogP contribution < -0.4 is 9.80 Å². The molecule has 1 heterocycles. The zero-order chi connectivity index (χ0) is 19.7. The van der Waals surface area contributed by atoms with Crippen LogP contribution in [-0.2, 0) is 0 Å². The van der Waals surface area contributed by atoms with Gasteiger partial charge >= 0.3 is 0 Å². The van der Waals surface area contributed by atoms with Gasteiger partial charge in [-0.2, -0.15) is 0 Å². The Labute approximate surface area is 176 Å². The van der Waals surface area contributed by atoms with E-state index in [1.165, 1.54) is 16.8 Å². The number of allylic oxidation sites excluding steroid dienone is 1. The van der Waals surface area contributed by atoms with E-state index in [1.54, 1.807) is 0 Å². The number of rotatable bonds is 3. The summed E-state index contributed by atoms with van der Waals surface area (Å²) in [5.41, 5.74) is 6.09. The molecule has 0 bridgehead atoms. The third-order valence-electron chi connectivity index (χ3n) is 5.29. The third-order valence-corrected chi connectivity index (χ3v) is 5.79. The Morgan fingerprint density at radius 2 is 1.25 bits per heavy atom. The zero-order valence-corrected chi connectivity index (χ0v) is 17.5. The molecule has 142 valence electrons. The first-order valence-corrected chi connectivity index (χ1v) is 10.1. The number of hydrogen-bond donors (Lipinski definition) is 0. The van der Waals surface area contributed by atoms with Crippen molar-refractivity contribution in [3.63, 3.8) is 0 Å². The summed E-state index contributed by atoms with van der Waals surface area (Å²) in [7, 11) is 0. The summed E-state index contributed by atoms with van der Waals surface area (Å²) in [4.78, 5) is 4.81. The molecule has 28 heavy (non-hydrogen) atoms. The van der Waals surface area contributed by atoms with Gasteiger partial charge in [0.2, 0.25) is 0 Å². The van der Waals surface area contributed by atoms with Crippen LogP contribution in [0.4, 0.5) is 11.4 Å². The number of nitrogens with zero attached hydrogens (tertiary/aromatic N) is 2. The van der Waals surface area contributed by atoms with Gasteiger partial charge in [0.1, 0.15) is 6.17 Å². The summed E-state index contributed by atoms with van der Waals surface area (Å²) in [6.45, 7) is 5.25. The Hall–Kier alpha value is -2.42. The highest BCUT2D eigenvalue weighted by molar-refractivity contribution is 6.30. The van der Waals surface area contributed by atoms with Gasteiger partial charge in [-0.1, -0.05) is 53.5 Å². The number of hydrogen-bond acceptors (Lipinski definition) is 2. The summed E-state index contributed by atoms with van der Waals surface area (Å²) in [5.74, 6) is 0. The van der Waals surface area contributed by atoms with Gasteiger partial charge in [-0.3, -0.25) is 0 Å². The van der Waals surface area contributed by atoms with Crippen molar-refractivity contribution in [1.82, 2.24) is 0 Å². The minimum absolute atomic E-state index is 0.0345. The van der Waals surface area contributed by atoms with Crippen molar-refractivity contribution >= 4 is 34.6 Å². The molecule has 3 aromatic carbocycles. The molecule has 2 nitrogen and oxygen atoms in total. The maximum Gasteiger partial charge on any atom is 0.132 e. The van der Waals surface area contributed by atoms with E-state index in [4.69, 9.17) is 23.2 Å². The van der Waals surface area contributed by atoms with Crippen molar-refractivity contribution in [2.75, 3.05) is 16.3 Å². The van der Waals surface area contributed by atoms with Gasteiger partial charge < -0.3 is 9.80 Å². The molecule has 0 saturated carbocycles. The Kier molecular flexibility index (Phi) is 5.34.